The fourth-order valence-electron chi connectivity index (χ4n) is 2.26. The summed E-state index contributed by atoms with van der Waals surface area (Å²) in [5.41, 5.74) is 3.26. The summed E-state index contributed by atoms with van der Waals surface area (Å²) in [6.07, 6.45) is 2.90. The monoisotopic (exact) mass is 262 g/mol. The van der Waals surface area contributed by atoms with Crippen molar-refractivity contribution in [1.82, 2.24) is 30.1 Å². The van der Waals surface area contributed by atoms with Crippen molar-refractivity contribution in [2.24, 2.45) is 7.05 Å². The molecule has 0 aliphatic heterocycles. The minimum Gasteiger partial charge on any atom is -0.304 e. The van der Waals surface area contributed by atoms with E-state index in [1.165, 1.54) is 5.69 Å². The molecule has 0 saturated carbocycles. The number of hydrogen-bond acceptors (Lipinski definition) is 4. The summed E-state index contributed by atoms with van der Waals surface area (Å²) < 4.78 is 3.85. The van der Waals surface area contributed by atoms with Crippen molar-refractivity contribution in [3.63, 3.8) is 0 Å². The third kappa shape index (κ3) is 2.84. The zero-order valence-electron chi connectivity index (χ0n) is 12.1. The molecule has 1 unspecified atom stereocenters. The molecule has 0 aromatic carbocycles. The van der Waals surface area contributed by atoms with Gasteiger partial charge in [0.25, 0.3) is 0 Å². The Bertz CT molecular complexity index is 527. The first-order valence-electron chi connectivity index (χ1n) is 6.79. The molecule has 104 valence electrons. The molecule has 1 atom stereocenters. The Kier molecular flexibility index (Phi) is 4.31. The number of hydrogen-bond donors (Lipinski definition) is 1. The average Bonchev–Trinajstić information content (AvgIpc) is 2.97. The minimum atomic E-state index is 0.0844. The maximum Gasteiger partial charge on any atom is 0.0935 e. The van der Waals surface area contributed by atoms with Gasteiger partial charge in [-0.05, 0) is 32.9 Å². The first-order valence-corrected chi connectivity index (χ1v) is 6.79. The molecule has 0 bridgehead atoms. The van der Waals surface area contributed by atoms with Gasteiger partial charge in [-0.15, -0.1) is 5.10 Å². The second-order valence-electron chi connectivity index (χ2n) is 4.70. The van der Waals surface area contributed by atoms with Gasteiger partial charge in [-0.1, -0.05) is 12.1 Å². The summed E-state index contributed by atoms with van der Waals surface area (Å²) in [5.74, 6) is 0. The second-order valence-corrected chi connectivity index (χ2v) is 4.70. The molecule has 2 aromatic rings. The molecule has 0 amide bonds. The number of rotatable bonds is 6. The van der Waals surface area contributed by atoms with E-state index >= 15 is 0 Å². The van der Waals surface area contributed by atoms with Gasteiger partial charge >= 0.3 is 0 Å². The SMILES string of the molecule is CCCNC(c1cnnn1C)c1cc(C)nn1CC. The van der Waals surface area contributed by atoms with Crippen LogP contribution in [0.25, 0.3) is 0 Å². The Balaban J connectivity index is 2.39. The van der Waals surface area contributed by atoms with E-state index in [0.717, 1.165) is 30.9 Å². The van der Waals surface area contributed by atoms with Crippen molar-refractivity contribution in [2.75, 3.05) is 6.54 Å². The van der Waals surface area contributed by atoms with E-state index in [2.05, 4.69) is 40.6 Å². The molecular weight excluding hydrogens is 240 g/mol. The van der Waals surface area contributed by atoms with Crippen LogP contribution in [-0.4, -0.2) is 31.3 Å². The zero-order valence-corrected chi connectivity index (χ0v) is 12.1. The maximum atomic E-state index is 4.52. The third-order valence-corrected chi connectivity index (χ3v) is 3.17. The number of aromatic nitrogens is 5. The highest BCUT2D eigenvalue weighted by Gasteiger charge is 2.21. The van der Waals surface area contributed by atoms with E-state index in [9.17, 15) is 0 Å². The van der Waals surface area contributed by atoms with E-state index in [4.69, 9.17) is 0 Å². The van der Waals surface area contributed by atoms with Gasteiger partial charge in [-0.3, -0.25) is 9.36 Å². The second kappa shape index (κ2) is 5.97. The van der Waals surface area contributed by atoms with Crippen molar-refractivity contribution in [3.05, 3.63) is 29.3 Å². The highest BCUT2D eigenvalue weighted by molar-refractivity contribution is 5.22. The molecule has 2 heterocycles. The quantitative estimate of drug-likeness (QED) is 0.855. The van der Waals surface area contributed by atoms with Crippen molar-refractivity contribution >= 4 is 0 Å². The van der Waals surface area contributed by atoms with Crippen LogP contribution in [0.4, 0.5) is 0 Å². The highest BCUT2D eigenvalue weighted by atomic mass is 15.4. The van der Waals surface area contributed by atoms with Gasteiger partial charge in [0.1, 0.15) is 0 Å². The van der Waals surface area contributed by atoms with Crippen molar-refractivity contribution in [1.29, 1.82) is 0 Å². The highest BCUT2D eigenvalue weighted by Crippen LogP contribution is 2.21. The van der Waals surface area contributed by atoms with E-state index < -0.39 is 0 Å². The summed E-state index contributed by atoms with van der Waals surface area (Å²) in [7, 11) is 1.92. The molecule has 6 heteroatoms. The van der Waals surface area contributed by atoms with Crippen LogP contribution in [0.15, 0.2) is 12.3 Å². The first kappa shape index (κ1) is 13.7. The Labute approximate surface area is 113 Å². The summed E-state index contributed by atoms with van der Waals surface area (Å²) in [5, 5.41) is 16.1. The lowest BCUT2D eigenvalue weighted by Gasteiger charge is -2.19. The van der Waals surface area contributed by atoms with Crippen LogP contribution in [0.5, 0.6) is 0 Å². The van der Waals surface area contributed by atoms with Crippen molar-refractivity contribution in [2.45, 2.75) is 39.8 Å². The van der Waals surface area contributed by atoms with Crippen LogP contribution in [0.1, 0.15) is 43.4 Å². The Hall–Kier alpha value is -1.69. The largest absolute Gasteiger partial charge is 0.304 e. The normalized spacial score (nSPS) is 12.8. The summed E-state index contributed by atoms with van der Waals surface area (Å²) in [6.45, 7) is 8.10. The zero-order chi connectivity index (χ0) is 13.8. The van der Waals surface area contributed by atoms with E-state index in [1.807, 2.05) is 29.5 Å². The molecule has 0 aliphatic rings. The fourth-order valence-corrected chi connectivity index (χ4v) is 2.26. The standard InChI is InChI=1S/C13H22N6/c1-5-7-14-13(12-9-15-17-18(12)4)11-8-10(3)16-19(11)6-2/h8-9,13-14H,5-7H2,1-4H3. The van der Waals surface area contributed by atoms with Crippen LogP contribution in [0.3, 0.4) is 0 Å². The van der Waals surface area contributed by atoms with Crippen LogP contribution < -0.4 is 5.32 Å². The van der Waals surface area contributed by atoms with Crippen LogP contribution in [0.2, 0.25) is 0 Å². The number of nitrogens with zero attached hydrogens (tertiary/aromatic N) is 5. The maximum absolute atomic E-state index is 4.52. The predicted molar refractivity (Wildman–Crippen MR) is 73.8 cm³/mol. The Morgan fingerprint density at radius 1 is 1.32 bits per heavy atom. The molecule has 2 rings (SSSR count). The van der Waals surface area contributed by atoms with Crippen LogP contribution in [-0.2, 0) is 13.6 Å². The summed E-state index contributed by atoms with van der Waals surface area (Å²) in [4.78, 5) is 0. The van der Waals surface area contributed by atoms with Crippen molar-refractivity contribution < 1.29 is 0 Å². The molecule has 1 N–H and O–H groups in total. The first-order chi connectivity index (χ1) is 9.17. The van der Waals surface area contributed by atoms with Crippen molar-refractivity contribution in [3.8, 4) is 0 Å². The van der Waals surface area contributed by atoms with Crippen LogP contribution >= 0.6 is 0 Å². The van der Waals surface area contributed by atoms with Gasteiger partial charge in [-0.25, -0.2) is 0 Å². The molecule has 0 fully saturated rings. The van der Waals surface area contributed by atoms with E-state index in [1.54, 1.807) is 0 Å². The van der Waals surface area contributed by atoms with E-state index in [-0.39, 0.29) is 6.04 Å². The van der Waals surface area contributed by atoms with E-state index in [0.29, 0.717) is 0 Å². The van der Waals surface area contributed by atoms with Gasteiger partial charge in [0.15, 0.2) is 0 Å². The topological polar surface area (TPSA) is 60.6 Å². The molecule has 0 radical (unpaired) electrons. The Morgan fingerprint density at radius 3 is 2.68 bits per heavy atom. The molecule has 2 aromatic heterocycles. The number of nitrogens with one attached hydrogen (secondary N) is 1. The van der Waals surface area contributed by atoms with Gasteiger partial charge in [-0.2, -0.15) is 5.10 Å². The summed E-state index contributed by atoms with van der Waals surface area (Å²) >= 11 is 0. The fraction of sp³-hybridized carbons (Fsp3) is 0.615. The molecule has 0 saturated heterocycles. The molecule has 0 spiro atoms. The van der Waals surface area contributed by atoms with Gasteiger partial charge in [0.05, 0.1) is 29.3 Å². The minimum absolute atomic E-state index is 0.0844. The Morgan fingerprint density at radius 2 is 2.11 bits per heavy atom. The molecule has 0 aliphatic carbocycles. The van der Waals surface area contributed by atoms with Crippen LogP contribution in [0, 0.1) is 6.92 Å². The third-order valence-electron chi connectivity index (χ3n) is 3.17. The molecule has 6 nitrogen and oxygen atoms in total. The predicted octanol–water partition coefficient (Wildman–Crippen LogP) is 1.43. The van der Waals surface area contributed by atoms with Gasteiger partial charge in [0, 0.05) is 13.6 Å². The lowest BCUT2D eigenvalue weighted by Crippen LogP contribution is -2.27. The lowest BCUT2D eigenvalue weighted by molar-refractivity contribution is 0.502. The number of aryl methyl sites for hydroxylation is 3. The lowest BCUT2D eigenvalue weighted by atomic mass is 10.1. The summed E-state index contributed by atoms with van der Waals surface area (Å²) in [6, 6.07) is 2.21. The molecular formula is C13H22N6. The smallest absolute Gasteiger partial charge is 0.0935 e. The molecule has 19 heavy (non-hydrogen) atoms. The van der Waals surface area contributed by atoms with Gasteiger partial charge in [0.2, 0.25) is 0 Å². The average molecular weight is 262 g/mol. The van der Waals surface area contributed by atoms with Gasteiger partial charge < -0.3 is 5.32 Å².